The molecule has 0 fully saturated rings. The first-order chi connectivity index (χ1) is 12.1. The molecule has 1 aliphatic carbocycles. The van der Waals surface area contributed by atoms with Gasteiger partial charge in [0.15, 0.2) is 0 Å². The number of benzene rings is 2. The topological polar surface area (TPSA) is 40.5 Å². The number of aromatic carboxylic acids is 1. The third-order valence-electron chi connectivity index (χ3n) is 5.90. The maximum absolute atomic E-state index is 11.0. The van der Waals surface area contributed by atoms with E-state index in [1.807, 2.05) is 12.1 Å². The molecule has 0 aromatic heterocycles. The Hall–Kier alpha value is -2.29. The molecule has 138 valence electrons. The maximum atomic E-state index is 11.0. The zero-order chi connectivity index (χ0) is 19.1. The Balaban J connectivity index is 1.86. The van der Waals surface area contributed by atoms with Gasteiger partial charge in [0.05, 0.1) is 5.56 Å². The van der Waals surface area contributed by atoms with E-state index in [1.165, 1.54) is 29.7 Å². The molecule has 1 aliphatic rings. The molecule has 1 N–H and O–H groups in total. The number of anilines is 1. The third kappa shape index (κ3) is 3.48. The number of hydrogen-bond acceptors (Lipinski definition) is 2. The van der Waals surface area contributed by atoms with Crippen molar-refractivity contribution in [3.63, 3.8) is 0 Å². The van der Waals surface area contributed by atoms with Crippen LogP contribution in [0.1, 0.15) is 67.6 Å². The van der Waals surface area contributed by atoms with Crippen molar-refractivity contribution in [2.75, 3.05) is 11.9 Å². The number of fused-ring (bicyclic) bond motifs is 1. The van der Waals surface area contributed by atoms with Crippen LogP contribution in [-0.4, -0.2) is 18.1 Å². The van der Waals surface area contributed by atoms with E-state index in [9.17, 15) is 4.79 Å². The maximum Gasteiger partial charge on any atom is 0.335 e. The molecule has 0 radical (unpaired) electrons. The minimum Gasteiger partial charge on any atom is -0.478 e. The van der Waals surface area contributed by atoms with E-state index < -0.39 is 5.97 Å². The van der Waals surface area contributed by atoms with Gasteiger partial charge in [-0.15, -0.1) is 0 Å². The van der Waals surface area contributed by atoms with E-state index in [0.29, 0.717) is 5.56 Å². The van der Waals surface area contributed by atoms with Crippen LogP contribution in [0.5, 0.6) is 0 Å². The number of carbonyl (C=O) groups is 1. The van der Waals surface area contributed by atoms with E-state index >= 15 is 0 Å². The Kier molecular flexibility index (Phi) is 4.60. The van der Waals surface area contributed by atoms with Gasteiger partial charge in [-0.05, 0) is 64.6 Å². The van der Waals surface area contributed by atoms with E-state index in [-0.39, 0.29) is 10.8 Å². The lowest BCUT2D eigenvalue weighted by molar-refractivity contribution is 0.0697. The Morgan fingerprint density at radius 2 is 1.54 bits per heavy atom. The second kappa shape index (κ2) is 6.46. The van der Waals surface area contributed by atoms with Gasteiger partial charge in [-0.25, -0.2) is 4.79 Å². The zero-order valence-corrected chi connectivity index (χ0v) is 16.5. The summed E-state index contributed by atoms with van der Waals surface area (Å²) in [5, 5.41) is 9.03. The Morgan fingerprint density at radius 1 is 0.962 bits per heavy atom. The number of carboxylic acid groups (broad SMARTS) is 1. The Labute approximate surface area is 156 Å². The molecular formula is C23H29NO2. The molecule has 2 aromatic rings. The normalized spacial score (nSPS) is 17.4. The van der Waals surface area contributed by atoms with Gasteiger partial charge in [0.25, 0.3) is 0 Å². The van der Waals surface area contributed by atoms with E-state index in [0.717, 1.165) is 12.1 Å². The third-order valence-corrected chi connectivity index (χ3v) is 5.90. The van der Waals surface area contributed by atoms with Crippen molar-refractivity contribution in [3.05, 3.63) is 64.7 Å². The number of carboxylic acids is 1. The molecule has 0 bridgehead atoms. The van der Waals surface area contributed by atoms with Crippen LogP contribution in [0, 0.1) is 0 Å². The lowest BCUT2D eigenvalue weighted by Crippen LogP contribution is -2.34. The van der Waals surface area contributed by atoms with E-state index in [4.69, 9.17) is 5.11 Å². The van der Waals surface area contributed by atoms with Gasteiger partial charge < -0.3 is 10.0 Å². The molecule has 0 spiro atoms. The summed E-state index contributed by atoms with van der Waals surface area (Å²) in [6.45, 7) is 10.1. The SMILES string of the molecule is CN(Cc1ccc(C(=O)O)cc1)c1ccc2c(c1)C(C)(C)CCC2(C)C. The van der Waals surface area contributed by atoms with Crippen molar-refractivity contribution in [1.29, 1.82) is 0 Å². The summed E-state index contributed by atoms with van der Waals surface area (Å²) in [4.78, 5) is 13.2. The number of nitrogens with zero attached hydrogens (tertiary/aromatic N) is 1. The van der Waals surface area contributed by atoms with Crippen molar-refractivity contribution in [1.82, 2.24) is 0 Å². The van der Waals surface area contributed by atoms with Crippen LogP contribution in [0.3, 0.4) is 0 Å². The molecule has 3 heteroatoms. The predicted octanol–water partition coefficient (Wildman–Crippen LogP) is 5.37. The van der Waals surface area contributed by atoms with Gasteiger partial charge in [0.2, 0.25) is 0 Å². The molecule has 0 atom stereocenters. The fourth-order valence-electron chi connectivity index (χ4n) is 3.93. The van der Waals surface area contributed by atoms with Gasteiger partial charge in [0.1, 0.15) is 0 Å². The lowest BCUT2D eigenvalue weighted by Gasteiger charge is -2.42. The summed E-state index contributed by atoms with van der Waals surface area (Å²) in [7, 11) is 2.09. The smallest absolute Gasteiger partial charge is 0.335 e. The van der Waals surface area contributed by atoms with Gasteiger partial charge in [0, 0.05) is 19.3 Å². The van der Waals surface area contributed by atoms with Crippen LogP contribution < -0.4 is 4.90 Å². The first-order valence-electron chi connectivity index (χ1n) is 9.28. The average molecular weight is 351 g/mol. The van der Waals surface area contributed by atoms with E-state index in [1.54, 1.807) is 12.1 Å². The molecule has 26 heavy (non-hydrogen) atoms. The standard InChI is InChI=1S/C23H29NO2/c1-22(2)12-13-23(3,4)20-14-18(10-11-19(20)22)24(5)15-16-6-8-17(9-7-16)21(25)26/h6-11,14H,12-13,15H2,1-5H3,(H,25,26). The first-order valence-corrected chi connectivity index (χ1v) is 9.28. The molecular weight excluding hydrogens is 322 g/mol. The highest BCUT2D eigenvalue weighted by molar-refractivity contribution is 5.87. The van der Waals surface area contributed by atoms with E-state index in [2.05, 4.69) is 57.8 Å². The Morgan fingerprint density at radius 3 is 2.12 bits per heavy atom. The lowest BCUT2D eigenvalue weighted by atomic mass is 9.63. The molecule has 3 nitrogen and oxygen atoms in total. The van der Waals surface area contributed by atoms with Crippen molar-refractivity contribution >= 4 is 11.7 Å². The van der Waals surface area contributed by atoms with Crippen molar-refractivity contribution in [2.45, 2.75) is 57.9 Å². The van der Waals surface area contributed by atoms with Crippen molar-refractivity contribution in [2.24, 2.45) is 0 Å². The second-order valence-corrected chi connectivity index (χ2v) is 8.86. The minimum absolute atomic E-state index is 0.199. The highest BCUT2D eigenvalue weighted by Crippen LogP contribution is 2.46. The van der Waals surface area contributed by atoms with Crippen LogP contribution in [-0.2, 0) is 17.4 Å². The predicted molar refractivity (Wildman–Crippen MR) is 107 cm³/mol. The van der Waals surface area contributed by atoms with Gasteiger partial charge in [-0.1, -0.05) is 45.9 Å². The Bertz CT molecular complexity index is 819. The molecule has 0 unspecified atom stereocenters. The van der Waals surface area contributed by atoms with Crippen molar-refractivity contribution in [3.8, 4) is 0 Å². The average Bonchev–Trinajstić information content (AvgIpc) is 2.59. The summed E-state index contributed by atoms with van der Waals surface area (Å²) in [6.07, 6.45) is 2.43. The summed E-state index contributed by atoms with van der Waals surface area (Å²) >= 11 is 0. The largest absolute Gasteiger partial charge is 0.478 e. The monoisotopic (exact) mass is 351 g/mol. The number of hydrogen-bond donors (Lipinski definition) is 1. The molecule has 3 rings (SSSR count). The molecule has 2 aromatic carbocycles. The van der Waals surface area contributed by atoms with Crippen LogP contribution in [0.2, 0.25) is 0 Å². The molecule has 0 aliphatic heterocycles. The van der Waals surface area contributed by atoms with Crippen LogP contribution >= 0.6 is 0 Å². The molecule has 0 saturated heterocycles. The zero-order valence-electron chi connectivity index (χ0n) is 16.5. The second-order valence-electron chi connectivity index (χ2n) is 8.86. The fourth-order valence-corrected chi connectivity index (χ4v) is 3.93. The van der Waals surface area contributed by atoms with Crippen LogP contribution in [0.25, 0.3) is 0 Å². The summed E-state index contributed by atoms with van der Waals surface area (Å²) < 4.78 is 0. The summed E-state index contributed by atoms with van der Waals surface area (Å²) in [6, 6.07) is 14.0. The summed E-state index contributed by atoms with van der Waals surface area (Å²) in [5.41, 5.74) is 6.00. The van der Waals surface area contributed by atoms with Gasteiger partial charge >= 0.3 is 5.97 Å². The van der Waals surface area contributed by atoms with Gasteiger partial charge in [-0.2, -0.15) is 0 Å². The highest BCUT2D eigenvalue weighted by atomic mass is 16.4. The quantitative estimate of drug-likeness (QED) is 0.805. The summed E-state index contributed by atoms with van der Waals surface area (Å²) in [5.74, 6) is -0.885. The molecule has 0 heterocycles. The minimum atomic E-state index is -0.885. The number of rotatable bonds is 4. The molecule has 0 amide bonds. The van der Waals surface area contributed by atoms with Crippen molar-refractivity contribution < 1.29 is 9.90 Å². The van der Waals surface area contributed by atoms with Crippen LogP contribution in [0.15, 0.2) is 42.5 Å². The van der Waals surface area contributed by atoms with Gasteiger partial charge in [-0.3, -0.25) is 0 Å². The highest BCUT2D eigenvalue weighted by Gasteiger charge is 2.37. The first kappa shape index (κ1) is 18.5. The fraction of sp³-hybridized carbons (Fsp3) is 0.435. The van der Waals surface area contributed by atoms with Crippen LogP contribution in [0.4, 0.5) is 5.69 Å². The molecule has 0 saturated carbocycles.